The van der Waals surface area contributed by atoms with E-state index in [1.807, 2.05) is 41.5 Å². The molecule has 1 aromatic carbocycles. The van der Waals surface area contributed by atoms with Crippen molar-refractivity contribution in [1.29, 1.82) is 0 Å². The second-order valence-electron chi connectivity index (χ2n) is 8.33. The van der Waals surface area contributed by atoms with Crippen LogP contribution in [0, 0.1) is 0 Å². The maximum Gasteiger partial charge on any atom is 0.525 e. The van der Waals surface area contributed by atoms with Crippen LogP contribution in [0.3, 0.4) is 0 Å². The van der Waals surface area contributed by atoms with Crippen molar-refractivity contribution in [3.8, 4) is 5.75 Å². The lowest BCUT2D eigenvalue weighted by Crippen LogP contribution is -2.41. The van der Waals surface area contributed by atoms with Crippen molar-refractivity contribution < 1.29 is 23.2 Å². The second kappa shape index (κ2) is 5.68. The normalized spacial score (nSPS) is 24.0. The predicted octanol–water partition coefficient (Wildman–Crippen LogP) is 4.37. The van der Waals surface area contributed by atoms with E-state index in [2.05, 4.69) is 0 Å². The predicted molar refractivity (Wildman–Crippen MR) is 95.3 cm³/mol. The molecule has 0 amide bonds. The van der Waals surface area contributed by atoms with Crippen LogP contribution in [0.25, 0.3) is 6.08 Å². The summed E-state index contributed by atoms with van der Waals surface area (Å²) in [6, 6.07) is 5.08. The van der Waals surface area contributed by atoms with Crippen LogP contribution >= 0.6 is 0 Å². The van der Waals surface area contributed by atoms with Crippen LogP contribution in [0.5, 0.6) is 5.75 Å². The number of Topliss-reactive ketones (excluding diaryl/α,β-unsaturated/α-hetero) is 1. The number of halogens is 1. The van der Waals surface area contributed by atoms with E-state index in [1.54, 1.807) is 18.2 Å². The average molecular weight is 346 g/mol. The smallest absolute Gasteiger partial charge is 0.487 e. The van der Waals surface area contributed by atoms with Crippen molar-refractivity contribution in [2.24, 2.45) is 0 Å². The van der Waals surface area contributed by atoms with Crippen LogP contribution in [0.15, 0.2) is 23.9 Å². The van der Waals surface area contributed by atoms with Crippen molar-refractivity contribution >= 4 is 19.0 Å². The van der Waals surface area contributed by atoms with Gasteiger partial charge >= 0.3 is 7.12 Å². The highest BCUT2D eigenvalue weighted by Gasteiger charge is 2.53. The molecular weight excluding hydrogens is 322 g/mol. The molecule has 3 rings (SSSR count). The molecule has 0 atom stereocenters. The van der Waals surface area contributed by atoms with E-state index >= 15 is 0 Å². The number of fused-ring (bicyclic) bond motifs is 1. The highest BCUT2D eigenvalue weighted by atomic mass is 19.1. The minimum atomic E-state index is -1.05. The monoisotopic (exact) mass is 346 g/mol. The zero-order chi connectivity index (χ0) is 18.6. The van der Waals surface area contributed by atoms with Gasteiger partial charge in [0.05, 0.1) is 23.2 Å². The van der Waals surface area contributed by atoms with Gasteiger partial charge in [-0.15, -0.1) is 0 Å². The van der Waals surface area contributed by atoms with Crippen LogP contribution in [0.2, 0.25) is 0 Å². The Bertz CT molecular complexity index is 736. The van der Waals surface area contributed by atoms with Crippen LogP contribution in [-0.4, -0.2) is 29.7 Å². The maximum absolute atomic E-state index is 14.6. The number of carbonyl (C=O) groups excluding carboxylic acids is 1. The summed E-state index contributed by atoms with van der Waals surface area (Å²) in [6.07, 6.45) is 1.64. The van der Waals surface area contributed by atoms with Crippen LogP contribution in [0.1, 0.15) is 63.9 Å². The third kappa shape index (κ3) is 3.38. The Balaban J connectivity index is 1.86. The van der Waals surface area contributed by atoms with Gasteiger partial charge in [0.15, 0.2) is 5.78 Å². The van der Waals surface area contributed by atoms with Gasteiger partial charge < -0.3 is 14.0 Å². The molecule has 1 aromatic rings. The number of benzene rings is 1. The van der Waals surface area contributed by atoms with Crippen molar-refractivity contribution in [3.63, 3.8) is 0 Å². The maximum atomic E-state index is 14.6. The second-order valence-corrected chi connectivity index (χ2v) is 8.33. The van der Waals surface area contributed by atoms with Gasteiger partial charge in [-0.2, -0.15) is 0 Å². The molecule has 0 unspecified atom stereocenters. The molecule has 2 aliphatic heterocycles. The zero-order valence-corrected chi connectivity index (χ0v) is 15.6. The summed E-state index contributed by atoms with van der Waals surface area (Å²) in [5.74, 6) is 0.534. The molecule has 0 saturated carbocycles. The Morgan fingerprint density at radius 2 is 1.72 bits per heavy atom. The summed E-state index contributed by atoms with van der Waals surface area (Å²) in [6.45, 7) is 11.2. The molecule has 0 aliphatic carbocycles. The highest BCUT2D eigenvalue weighted by Crippen LogP contribution is 2.39. The van der Waals surface area contributed by atoms with Gasteiger partial charge in [0.25, 0.3) is 0 Å². The molecule has 25 heavy (non-hydrogen) atoms. The number of ketones is 1. The van der Waals surface area contributed by atoms with E-state index in [0.717, 1.165) is 0 Å². The molecule has 0 bridgehead atoms. The van der Waals surface area contributed by atoms with Crippen molar-refractivity contribution in [2.45, 2.75) is 64.8 Å². The minimum Gasteiger partial charge on any atom is -0.487 e. The summed E-state index contributed by atoms with van der Waals surface area (Å²) < 4.78 is 31.9. The van der Waals surface area contributed by atoms with Gasteiger partial charge in [-0.05, 0) is 65.3 Å². The summed E-state index contributed by atoms with van der Waals surface area (Å²) in [7, 11) is -1.05. The molecular formula is C19H24BFO4. The highest BCUT2D eigenvalue weighted by molar-refractivity contribution is 6.54. The van der Waals surface area contributed by atoms with Gasteiger partial charge in [-0.3, -0.25) is 4.79 Å². The van der Waals surface area contributed by atoms with E-state index in [0.29, 0.717) is 23.3 Å². The molecule has 0 spiro atoms. The third-order valence-corrected chi connectivity index (χ3v) is 5.06. The van der Waals surface area contributed by atoms with E-state index < -0.39 is 29.6 Å². The Kier molecular flexibility index (Phi) is 4.12. The minimum absolute atomic E-state index is 0.00228. The summed E-state index contributed by atoms with van der Waals surface area (Å²) in [4.78, 5) is 12.3. The van der Waals surface area contributed by atoms with Crippen LogP contribution in [0.4, 0.5) is 4.39 Å². The van der Waals surface area contributed by atoms with Gasteiger partial charge in [0.2, 0.25) is 0 Å². The number of hydrogen-bond acceptors (Lipinski definition) is 4. The van der Waals surface area contributed by atoms with Gasteiger partial charge in [0, 0.05) is 0 Å². The quantitative estimate of drug-likeness (QED) is 0.746. The molecule has 1 saturated heterocycles. The average Bonchev–Trinajstić information content (AvgIpc) is 2.67. The summed E-state index contributed by atoms with van der Waals surface area (Å²) in [5.41, 5.74) is -1.20. The molecule has 2 heterocycles. The van der Waals surface area contributed by atoms with Gasteiger partial charge in [-0.1, -0.05) is 6.07 Å². The lowest BCUT2D eigenvalue weighted by molar-refractivity contribution is 0.00578. The molecule has 0 aromatic heterocycles. The molecule has 2 aliphatic rings. The number of ether oxygens (including phenoxy) is 1. The topological polar surface area (TPSA) is 44.8 Å². The van der Waals surface area contributed by atoms with Crippen LogP contribution in [-0.2, 0) is 9.31 Å². The Morgan fingerprint density at radius 3 is 2.32 bits per heavy atom. The fourth-order valence-electron chi connectivity index (χ4n) is 2.94. The number of hydrogen-bond donors (Lipinski definition) is 0. The number of carbonyl (C=O) groups is 1. The number of rotatable bonds is 2. The van der Waals surface area contributed by atoms with Crippen molar-refractivity contribution in [1.82, 2.24) is 0 Å². The van der Waals surface area contributed by atoms with Crippen molar-refractivity contribution in [2.75, 3.05) is 0 Å². The summed E-state index contributed by atoms with van der Waals surface area (Å²) >= 11 is 0. The first-order valence-electron chi connectivity index (χ1n) is 8.49. The summed E-state index contributed by atoms with van der Waals surface area (Å²) in [5, 5.41) is 0. The lowest BCUT2D eigenvalue weighted by atomic mass is 9.86. The Morgan fingerprint density at radius 1 is 1.12 bits per heavy atom. The lowest BCUT2D eigenvalue weighted by Gasteiger charge is -2.32. The van der Waals surface area contributed by atoms with E-state index in [-0.39, 0.29) is 5.78 Å². The van der Waals surface area contributed by atoms with Gasteiger partial charge in [0.1, 0.15) is 17.1 Å². The largest absolute Gasteiger partial charge is 0.525 e. The molecule has 0 N–H and O–H groups in total. The molecule has 4 nitrogen and oxygen atoms in total. The van der Waals surface area contributed by atoms with Gasteiger partial charge in [-0.25, -0.2) is 4.39 Å². The zero-order valence-electron chi connectivity index (χ0n) is 15.6. The Hall–Kier alpha value is -1.66. The molecule has 1 fully saturated rings. The molecule has 134 valence electrons. The first-order valence-corrected chi connectivity index (χ1v) is 8.49. The fraction of sp³-hybridized carbons (Fsp3) is 0.526. The first kappa shape index (κ1) is 18.1. The van der Waals surface area contributed by atoms with E-state index in [9.17, 15) is 9.18 Å². The first-order chi connectivity index (χ1) is 11.4. The standard InChI is InChI=1S/C19H24BFO4/c1-17(2)11-14(22)13-9-12(7-8-15(13)23-17)10-16(21)20-24-18(3,4)19(5,6)25-20/h7-10H,11H2,1-6H3. The Labute approximate surface area is 148 Å². The fourth-order valence-corrected chi connectivity index (χ4v) is 2.94. The molecule has 0 radical (unpaired) electrons. The van der Waals surface area contributed by atoms with E-state index in [4.69, 9.17) is 14.0 Å². The van der Waals surface area contributed by atoms with E-state index in [1.165, 1.54) is 6.08 Å². The molecule has 6 heteroatoms. The SMILES string of the molecule is CC1(C)CC(=O)c2cc(C=C(F)B3OC(C)(C)C(C)(C)O3)ccc2O1. The van der Waals surface area contributed by atoms with Crippen LogP contribution < -0.4 is 4.74 Å². The van der Waals surface area contributed by atoms with Crippen molar-refractivity contribution in [3.05, 3.63) is 35.1 Å². The third-order valence-electron chi connectivity index (χ3n) is 5.06.